The minimum Gasteiger partial charge on any atom is -0.382 e. The Morgan fingerprint density at radius 3 is 2.83 bits per heavy atom. The average Bonchev–Trinajstić information content (AvgIpc) is 2.93. The van der Waals surface area contributed by atoms with Gasteiger partial charge in [0.2, 0.25) is 5.91 Å². The predicted octanol–water partition coefficient (Wildman–Crippen LogP) is 1.80. The summed E-state index contributed by atoms with van der Waals surface area (Å²) in [5.74, 6) is 0.518. The molecule has 0 bridgehead atoms. The highest BCUT2D eigenvalue weighted by Crippen LogP contribution is 2.26. The van der Waals surface area contributed by atoms with E-state index in [1.54, 1.807) is 17.0 Å². The smallest absolute Gasteiger partial charge is 0.245 e. The monoisotopic (exact) mass is 342 g/mol. The topological polar surface area (TPSA) is 108 Å². The quantitative estimate of drug-likeness (QED) is 0.877. The van der Waals surface area contributed by atoms with Crippen molar-refractivity contribution in [3.63, 3.8) is 0 Å². The van der Waals surface area contributed by atoms with Crippen LogP contribution in [0, 0.1) is 11.3 Å². The van der Waals surface area contributed by atoms with Crippen molar-refractivity contribution in [2.24, 2.45) is 0 Å². The predicted molar refractivity (Wildman–Crippen MR) is 90.1 cm³/mol. The lowest BCUT2D eigenvalue weighted by molar-refractivity contribution is -0.128. The Morgan fingerprint density at radius 1 is 1.38 bits per heavy atom. The minimum atomic E-state index is -0.393. The van der Waals surface area contributed by atoms with Crippen molar-refractivity contribution in [1.29, 1.82) is 5.26 Å². The lowest BCUT2D eigenvalue weighted by atomic mass is 10.1. The second-order valence-electron chi connectivity index (χ2n) is 5.48. The van der Waals surface area contributed by atoms with Crippen LogP contribution in [0.15, 0.2) is 30.6 Å². The molecule has 24 heavy (non-hydrogen) atoms. The molecule has 122 valence electrons. The van der Waals surface area contributed by atoms with Gasteiger partial charge in [-0.25, -0.2) is 9.97 Å². The number of carbonyl (C=O) groups is 1. The van der Waals surface area contributed by atoms with Crippen LogP contribution in [0.25, 0.3) is 0 Å². The van der Waals surface area contributed by atoms with E-state index in [2.05, 4.69) is 21.4 Å². The summed E-state index contributed by atoms with van der Waals surface area (Å²) >= 11 is 6.05. The molecule has 1 saturated heterocycles. The summed E-state index contributed by atoms with van der Waals surface area (Å²) in [4.78, 5) is 22.1. The molecule has 0 spiro atoms. The maximum absolute atomic E-state index is 12.5. The molecular formula is C16H15ClN6O. The summed E-state index contributed by atoms with van der Waals surface area (Å²) in [6, 6.07) is 8.88. The number of nitriles is 1. The zero-order chi connectivity index (χ0) is 17.1. The summed E-state index contributed by atoms with van der Waals surface area (Å²) < 4.78 is 0. The molecule has 1 fully saturated rings. The van der Waals surface area contributed by atoms with Crippen LogP contribution in [-0.4, -0.2) is 33.4 Å². The molecule has 8 heteroatoms. The molecule has 3 N–H and O–H groups in total. The average molecular weight is 343 g/mol. The van der Waals surface area contributed by atoms with Crippen LogP contribution in [0.4, 0.5) is 11.6 Å². The van der Waals surface area contributed by atoms with Crippen LogP contribution in [0.5, 0.6) is 0 Å². The van der Waals surface area contributed by atoms with E-state index in [9.17, 15) is 4.79 Å². The number of hydrogen-bond acceptors (Lipinski definition) is 6. The van der Waals surface area contributed by atoms with Gasteiger partial charge in [-0.15, -0.1) is 0 Å². The van der Waals surface area contributed by atoms with Gasteiger partial charge in [0.05, 0.1) is 11.6 Å². The van der Waals surface area contributed by atoms with E-state index < -0.39 is 6.04 Å². The Hall–Kier alpha value is -2.85. The molecule has 1 aliphatic rings. The molecule has 7 nitrogen and oxygen atoms in total. The summed E-state index contributed by atoms with van der Waals surface area (Å²) in [5.41, 5.74) is 7.22. The molecule has 1 aliphatic heterocycles. The third-order valence-electron chi connectivity index (χ3n) is 3.88. The van der Waals surface area contributed by atoms with E-state index in [4.69, 9.17) is 22.6 Å². The molecule has 2 heterocycles. The fourth-order valence-corrected chi connectivity index (χ4v) is 2.74. The number of likely N-dealkylation sites (tertiary alicyclic amines) is 1. The number of nitrogen functional groups attached to an aromatic ring is 1. The fraction of sp³-hybridized carbons (Fsp3) is 0.250. The number of nitrogens with zero attached hydrogens (tertiary/aromatic N) is 4. The van der Waals surface area contributed by atoms with Crippen LogP contribution < -0.4 is 11.1 Å². The van der Waals surface area contributed by atoms with Crippen LogP contribution in [0.1, 0.15) is 17.5 Å². The van der Waals surface area contributed by atoms with Crippen LogP contribution in [0.2, 0.25) is 5.02 Å². The second-order valence-corrected chi connectivity index (χ2v) is 5.85. The van der Waals surface area contributed by atoms with Gasteiger partial charge in [-0.2, -0.15) is 5.26 Å². The standard InChI is InChI=1S/C16H15ClN6O/c17-13-14(19)20-9-21-15(13)22-12-5-6-23(16(12)24)8-11-3-1-10(7-18)2-4-11/h1-4,9,12H,5-6,8H2,(H3,19,20,21,22)/t12-/m0/s1. The van der Waals surface area contributed by atoms with Gasteiger partial charge in [0.1, 0.15) is 23.2 Å². The third kappa shape index (κ3) is 3.24. The number of benzene rings is 1. The molecule has 0 unspecified atom stereocenters. The molecule has 0 aliphatic carbocycles. The van der Waals surface area contributed by atoms with Gasteiger partial charge in [0.25, 0.3) is 0 Å². The van der Waals surface area contributed by atoms with Crippen LogP contribution in [0.3, 0.4) is 0 Å². The van der Waals surface area contributed by atoms with Crippen LogP contribution in [-0.2, 0) is 11.3 Å². The number of hydrogen-bond donors (Lipinski definition) is 2. The molecule has 1 atom stereocenters. The minimum absolute atomic E-state index is 0.0207. The first-order valence-corrected chi connectivity index (χ1v) is 7.76. The fourth-order valence-electron chi connectivity index (χ4n) is 2.58. The van der Waals surface area contributed by atoms with Gasteiger partial charge in [-0.3, -0.25) is 4.79 Å². The number of halogens is 1. The highest BCUT2D eigenvalue weighted by molar-refractivity contribution is 6.35. The molecular weight excluding hydrogens is 328 g/mol. The summed E-state index contributed by atoms with van der Waals surface area (Å²) in [6.07, 6.45) is 1.95. The molecule has 1 aromatic heterocycles. The van der Waals surface area contributed by atoms with E-state index in [0.717, 1.165) is 5.56 Å². The van der Waals surface area contributed by atoms with Gasteiger partial charge in [0.15, 0.2) is 5.82 Å². The van der Waals surface area contributed by atoms with E-state index in [0.29, 0.717) is 30.9 Å². The molecule has 2 aromatic rings. The lowest BCUT2D eigenvalue weighted by Crippen LogP contribution is -2.33. The molecule has 1 amide bonds. The Balaban J connectivity index is 1.66. The van der Waals surface area contributed by atoms with Crippen molar-refractivity contribution in [3.8, 4) is 6.07 Å². The van der Waals surface area contributed by atoms with Crippen molar-refractivity contribution in [2.75, 3.05) is 17.6 Å². The number of nitrogens with two attached hydrogens (primary N) is 1. The first-order valence-electron chi connectivity index (χ1n) is 7.39. The second kappa shape index (κ2) is 6.72. The van der Waals surface area contributed by atoms with Crippen LogP contribution >= 0.6 is 11.6 Å². The zero-order valence-electron chi connectivity index (χ0n) is 12.7. The van der Waals surface area contributed by atoms with Crippen molar-refractivity contribution in [1.82, 2.24) is 14.9 Å². The maximum Gasteiger partial charge on any atom is 0.245 e. The van der Waals surface area contributed by atoms with Gasteiger partial charge in [-0.1, -0.05) is 23.7 Å². The largest absolute Gasteiger partial charge is 0.382 e. The highest BCUT2D eigenvalue weighted by atomic mass is 35.5. The molecule has 1 aromatic carbocycles. The van der Waals surface area contributed by atoms with Crippen molar-refractivity contribution < 1.29 is 4.79 Å². The Kier molecular flexibility index (Phi) is 4.49. The number of aromatic nitrogens is 2. The van der Waals surface area contributed by atoms with Gasteiger partial charge in [-0.05, 0) is 24.1 Å². The van der Waals surface area contributed by atoms with Crippen molar-refractivity contribution in [3.05, 3.63) is 46.7 Å². The maximum atomic E-state index is 12.5. The number of rotatable bonds is 4. The Labute approximate surface area is 144 Å². The molecule has 0 saturated carbocycles. The first kappa shape index (κ1) is 16.0. The summed E-state index contributed by atoms with van der Waals surface area (Å²) in [7, 11) is 0. The van der Waals surface area contributed by atoms with E-state index in [1.165, 1.54) is 6.33 Å². The zero-order valence-corrected chi connectivity index (χ0v) is 13.5. The Bertz CT molecular complexity index is 801. The normalized spacial score (nSPS) is 16.9. The van der Waals surface area contributed by atoms with E-state index in [1.807, 2.05) is 12.1 Å². The molecule has 0 radical (unpaired) electrons. The summed E-state index contributed by atoms with van der Waals surface area (Å²) in [6.45, 7) is 1.14. The molecule has 3 rings (SSSR count). The highest BCUT2D eigenvalue weighted by Gasteiger charge is 2.32. The van der Waals surface area contributed by atoms with E-state index >= 15 is 0 Å². The first-order chi connectivity index (χ1) is 11.6. The van der Waals surface area contributed by atoms with E-state index in [-0.39, 0.29) is 16.7 Å². The van der Waals surface area contributed by atoms with Gasteiger partial charge < -0.3 is 16.0 Å². The van der Waals surface area contributed by atoms with Gasteiger partial charge >= 0.3 is 0 Å². The van der Waals surface area contributed by atoms with Crippen molar-refractivity contribution >= 4 is 29.1 Å². The van der Waals surface area contributed by atoms with Crippen molar-refractivity contribution in [2.45, 2.75) is 19.0 Å². The number of nitrogens with one attached hydrogen (secondary N) is 1. The van der Waals surface area contributed by atoms with Gasteiger partial charge in [0, 0.05) is 13.1 Å². The number of amides is 1. The number of carbonyl (C=O) groups excluding carboxylic acids is 1. The SMILES string of the molecule is N#Cc1ccc(CN2CC[C@H](Nc3ncnc(N)c3Cl)C2=O)cc1. The number of anilines is 2. The summed E-state index contributed by atoms with van der Waals surface area (Å²) in [5, 5.41) is 12.1. The third-order valence-corrected chi connectivity index (χ3v) is 4.25. The lowest BCUT2D eigenvalue weighted by Gasteiger charge is -2.18. The Morgan fingerprint density at radius 2 is 2.12 bits per heavy atom.